The Balaban J connectivity index is 1.13. The zero-order valence-electron chi connectivity index (χ0n) is 38.2. The van der Waals surface area contributed by atoms with Crippen LogP contribution in [0.2, 0.25) is 0 Å². The zero-order valence-corrected chi connectivity index (χ0v) is 38.2. The van der Waals surface area contributed by atoms with Crippen molar-refractivity contribution >= 4 is 66.4 Å². The van der Waals surface area contributed by atoms with E-state index in [4.69, 9.17) is 0 Å². The molecule has 0 saturated heterocycles. The Morgan fingerprint density at radius 2 is 0.821 bits per heavy atom. The molecule has 0 fully saturated rings. The SMILES string of the molecule is Cc1ccc(C)c(N(c2ccccc2)c2ccc3c4c(ccc3c2)-c2c(c3ccc(N(c5ccccc5)c5cc(C)ccc5C)cc3c3ccccc23)C42c3ccccc3-c3ccccc32)c1. The fourth-order valence-electron chi connectivity index (χ4n) is 11.9. The number of hydrogen-bond acceptors (Lipinski definition) is 2. The van der Waals surface area contributed by atoms with E-state index in [0.717, 1.165) is 22.7 Å². The molecule has 1 spiro atoms. The molecule has 11 aromatic rings. The molecule has 0 heterocycles. The highest BCUT2D eigenvalue weighted by atomic mass is 15.1. The molecule has 0 saturated carbocycles. The Hall–Kier alpha value is -8.20. The van der Waals surface area contributed by atoms with Crippen molar-refractivity contribution in [3.63, 3.8) is 0 Å². The Kier molecular flexibility index (Phi) is 8.73. The van der Waals surface area contributed by atoms with Crippen LogP contribution in [0.5, 0.6) is 0 Å². The second kappa shape index (κ2) is 14.9. The van der Waals surface area contributed by atoms with Gasteiger partial charge in [-0.05, 0) is 187 Å². The van der Waals surface area contributed by atoms with Crippen LogP contribution in [-0.2, 0) is 5.41 Å². The molecular formula is C65H48N2. The number of hydrogen-bond donors (Lipinski definition) is 0. The molecule has 2 aliphatic carbocycles. The predicted molar refractivity (Wildman–Crippen MR) is 284 cm³/mol. The normalized spacial score (nSPS) is 12.9. The number of anilines is 6. The van der Waals surface area contributed by atoms with Crippen molar-refractivity contribution in [1.82, 2.24) is 0 Å². The molecule has 0 aliphatic heterocycles. The van der Waals surface area contributed by atoms with Crippen LogP contribution in [0.3, 0.4) is 0 Å². The monoisotopic (exact) mass is 856 g/mol. The standard InChI is InChI=1S/C65H48N2/c1-41-27-29-43(3)60(37-41)66(46-17-7-5-8-18-46)48-32-35-50-45(39-48)31-34-56-62-54-24-12-11-21-51(54)57-40-49(67(47-19-9-6-10-20-47)61-38-42(2)28-30-44(61)4)33-36-55(57)64(62)65(63(50)56)58-25-15-13-22-52(58)53-23-14-16-26-59(53)65/h5-40H,1-4H3. The maximum Gasteiger partial charge on any atom is 0.0737 e. The molecular weight excluding hydrogens is 809 g/mol. The number of aryl methyl sites for hydroxylation is 4. The third kappa shape index (κ3) is 5.69. The first-order chi connectivity index (χ1) is 32.9. The summed E-state index contributed by atoms with van der Waals surface area (Å²) in [6.07, 6.45) is 0. The minimum absolute atomic E-state index is 0.582. The van der Waals surface area contributed by atoms with E-state index in [-0.39, 0.29) is 0 Å². The first kappa shape index (κ1) is 39.2. The summed E-state index contributed by atoms with van der Waals surface area (Å²) in [6, 6.07) is 82.0. The first-order valence-electron chi connectivity index (χ1n) is 23.5. The highest BCUT2D eigenvalue weighted by Crippen LogP contribution is 2.67. The van der Waals surface area contributed by atoms with Gasteiger partial charge in [0.05, 0.1) is 5.41 Å². The fourth-order valence-corrected chi connectivity index (χ4v) is 11.9. The summed E-state index contributed by atoms with van der Waals surface area (Å²) in [6.45, 7) is 8.81. The molecule has 0 aromatic heterocycles. The Labute approximate surface area is 392 Å². The predicted octanol–water partition coefficient (Wildman–Crippen LogP) is 17.7. The lowest BCUT2D eigenvalue weighted by Gasteiger charge is -2.33. The van der Waals surface area contributed by atoms with E-state index >= 15 is 0 Å². The van der Waals surface area contributed by atoms with Gasteiger partial charge in [-0.1, -0.05) is 158 Å². The number of fused-ring (bicyclic) bond motifs is 17. The van der Waals surface area contributed by atoms with Crippen LogP contribution in [0.4, 0.5) is 34.1 Å². The van der Waals surface area contributed by atoms with Crippen molar-refractivity contribution in [3.05, 3.63) is 263 Å². The van der Waals surface area contributed by atoms with Gasteiger partial charge >= 0.3 is 0 Å². The summed E-state index contributed by atoms with van der Waals surface area (Å²) < 4.78 is 0. The number of rotatable bonds is 6. The van der Waals surface area contributed by atoms with Crippen molar-refractivity contribution < 1.29 is 0 Å². The van der Waals surface area contributed by atoms with Crippen LogP contribution in [0.15, 0.2) is 218 Å². The molecule has 2 aliphatic rings. The van der Waals surface area contributed by atoms with Crippen LogP contribution in [0, 0.1) is 27.7 Å². The lowest BCUT2D eigenvalue weighted by Crippen LogP contribution is -2.26. The highest BCUT2D eigenvalue weighted by Gasteiger charge is 2.53. The summed E-state index contributed by atoms with van der Waals surface area (Å²) in [5.74, 6) is 0. The molecule has 0 N–H and O–H groups in total. The average molecular weight is 857 g/mol. The lowest BCUT2D eigenvalue weighted by atomic mass is 9.68. The lowest BCUT2D eigenvalue weighted by molar-refractivity contribution is 0.809. The fraction of sp³-hybridized carbons (Fsp3) is 0.0769. The molecule has 0 atom stereocenters. The Bertz CT molecular complexity index is 3760. The smallest absolute Gasteiger partial charge is 0.0737 e. The van der Waals surface area contributed by atoms with E-state index in [2.05, 4.69) is 256 Å². The van der Waals surface area contributed by atoms with Gasteiger partial charge in [-0.3, -0.25) is 0 Å². The van der Waals surface area contributed by atoms with Gasteiger partial charge in [-0.15, -0.1) is 0 Å². The highest BCUT2D eigenvalue weighted by molar-refractivity contribution is 6.22. The molecule has 2 heteroatoms. The second-order valence-electron chi connectivity index (χ2n) is 18.7. The molecule has 11 aromatic carbocycles. The van der Waals surface area contributed by atoms with Gasteiger partial charge in [0, 0.05) is 34.1 Å². The van der Waals surface area contributed by atoms with Crippen molar-refractivity contribution in [3.8, 4) is 22.3 Å². The molecule has 0 amide bonds. The van der Waals surface area contributed by atoms with E-state index in [1.54, 1.807) is 0 Å². The summed E-state index contributed by atoms with van der Waals surface area (Å²) in [5.41, 5.74) is 22.0. The van der Waals surface area contributed by atoms with E-state index in [1.807, 2.05) is 0 Å². The van der Waals surface area contributed by atoms with Gasteiger partial charge < -0.3 is 9.80 Å². The van der Waals surface area contributed by atoms with Crippen molar-refractivity contribution in [2.75, 3.05) is 9.80 Å². The zero-order chi connectivity index (χ0) is 45.0. The Morgan fingerprint density at radius 1 is 0.313 bits per heavy atom. The average Bonchev–Trinajstić information content (AvgIpc) is 3.85. The molecule has 0 bridgehead atoms. The van der Waals surface area contributed by atoms with Gasteiger partial charge in [-0.25, -0.2) is 0 Å². The van der Waals surface area contributed by atoms with Gasteiger partial charge in [0.25, 0.3) is 0 Å². The maximum atomic E-state index is 2.46. The van der Waals surface area contributed by atoms with Crippen LogP contribution < -0.4 is 9.80 Å². The van der Waals surface area contributed by atoms with E-state index in [9.17, 15) is 0 Å². The summed E-state index contributed by atoms with van der Waals surface area (Å²) in [4.78, 5) is 4.87. The Morgan fingerprint density at radius 3 is 1.42 bits per heavy atom. The van der Waals surface area contributed by atoms with Crippen LogP contribution in [0.25, 0.3) is 54.6 Å². The summed E-state index contributed by atoms with van der Waals surface area (Å²) in [5, 5.41) is 7.57. The third-order valence-electron chi connectivity index (χ3n) is 14.7. The van der Waals surface area contributed by atoms with Crippen LogP contribution in [0.1, 0.15) is 44.5 Å². The van der Waals surface area contributed by atoms with E-state index < -0.39 is 5.41 Å². The number of benzene rings is 11. The topological polar surface area (TPSA) is 6.48 Å². The number of nitrogens with zero attached hydrogens (tertiary/aromatic N) is 2. The largest absolute Gasteiger partial charge is 0.310 e. The van der Waals surface area contributed by atoms with Crippen LogP contribution >= 0.6 is 0 Å². The third-order valence-corrected chi connectivity index (χ3v) is 14.7. The van der Waals surface area contributed by atoms with E-state index in [0.29, 0.717) is 0 Å². The molecule has 13 rings (SSSR count). The van der Waals surface area contributed by atoms with Gasteiger partial charge in [0.1, 0.15) is 0 Å². The van der Waals surface area contributed by atoms with Crippen molar-refractivity contribution in [2.24, 2.45) is 0 Å². The molecule has 67 heavy (non-hydrogen) atoms. The number of para-hydroxylation sites is 2. The second-order valence-corrected chi connectivity index (χ2v) is 18.7. The molecule has 2 nitrogen and oxygen atoms in total. The van der Waals surface area contributed by atoms with Crippen molar-refractivity contribution in [2.45, 2.75) is 33.1 Å². The molecule has 0 unspecified atom stereocenters. The van der Waals surface area contributed by atoms with Crippen molar-refractivity contribution in [1.29, 1.82) is 0 Å². The minimum atomic E-state index is -0.582. The first-order valence-corrected chi connectivity index (χ1v) is 23.5. The maximum absolute atomic E-state index is 2.46. The van der Waals surface area contributed by atoms with Gasteiger partial charge in [0.15, 0.2) is 0 Å². The van der Waals surface area contributed by atoms with Gasteiger partial charge in [0.2, 0.25) is 0 Å². The van der Waals surface area contributed by atoms with Crippen LogP contribution in [-0.4, -0.2) is 0 Å². The van der Waals surface area contributed by atoms with Gasteiger partial charge in [-0.2, -0.15) is 0 Å². The van der Waals surface area contributed by atoms with E-state index in [1.165, 1.54) is 110 Å². The summed E-state index contributed by atoms with van der Waals surface area (Å²) >= 11 is 0. The minimum Gasteiger partial charge on any atom is -0.310 e. The molecule has 318 valence electrons. The summed E-state index contributed by atoms with van der Waals surface area (Å²) in [7, 11) is 0. The molecule has 0 radical (unpaired) electrons. The quantitative estimate of drug-likeness (QED) is 0.154.